The van der Waals surface area contributed by atoms with Gasteiger partial charge in [-0.15, -0.1) is 0 Å². The molecule has 9 nitrogen and oxygen atoms in total. The first-order valence-electron chi connectivity index (χ1n) is 13.3. The number of fused-ring (bicyclic) bond motifs is 2. The van der Waals surface area contributed by atoms with Crippen molar-refractivity contribution in [2.75, 3.05) is 31.5 Å². The zero-order chi connectivity index (χ0) is 28.8. The third kappa shape index (κ3) is 6.64. The molecular weight excluding hydrogens is 538 g/mol. The molecule has 10 heteroatoms. The summed E-state index contributed by atoms with van der Waals surface area (Å²) in [5.41, 5.74) is 6.91. The molecule has 0 saturated carbocycles. The van der Waals surface area contributed by atoms with Crippen molar-refractivity contribution in [2.45, 2.75) is 12.5 Å². The highest BCUT2D eigenvalue weighted by Gasteiger charge is 2.24. The summed E-state index contributed by atoms with van der Waals surface area (Å²) >= 11 is 6.23. The van der Waals surface area contributed by atoms with Crippen LogP contribution >= 0.6 is 11.6 Å². The number of hydrogen-bond acceptors (Lipinski definition) is 6. The van der Waals surface area contributed by atoms with Crippen molar-refractivity contribution in [3.63, 3.8) is 0 Å². The van der Waals surface area contributed by atoms with Gasteiger partial charge in [0.2, 0.25) is 0 Å². The van der Waals surface area contributed by atoms with Crippen molar-refractivity contribution in [2.24, 2.45) is 7.05 Å². The van der Waals surface area contributed by atoms with Crippen LogP contribution in [0.25, 0.3) is 11.6 Å². The molecule has 2 aromatic carbocycles. The second-order valence-corrected chi connectivity index (χ2v) is 10.2. The maximum absolute atomic E-state index is 11.8. The van der Waals surface area contributed by atoms with Crippen LogP contribution in [0.4, 0.5) is 10.5 Å². The fourth-order valence-corrected chi connectivity index (χ4v) is 5.01. The summed E-state index contributed by atoms with van der Waals surface area (Å²) in [7, 11) is 1.87. The first kappa shape index (κ1) is 28.1. The zero-order valence-electron chi connectivity index (χ0n) is 22.6. The van der Waals surface area contributed by atoms with E-state index in [1.54, 1.807) is 47.9 Å². The van der Waals surface area contributed by atoms with Crippen molar-refractivity contribution in [3.8, 4) is 6.07 Å². The number of rotatable bonds is 3. The van der Waals surface area contributed by atoms with Gasteiger partial charge in [-0.3, -0.25) is 4.98 Å². The van der Waals surface area contributed by atoms with Gasteiger partial charge in [0.1, 0.15) is 6.10 Å². The number of urea groups is 1. The Bertz CT molecular complexity index is 1600. The van der Waals surface area contributed by atoms with Crippen LogP contribution in [0.5, 0.6) is 0 Å². The Balaban J connectivity index is 0.000000175. The highest BCUT2D eigenvalue weighted by molar-refractivity contribution is 6.30. The van der Waals surface area contributed by atoms with Gasteiger partial charge in [-0.2, -0.15) is 5.26 Å². The number of anilines is 1. The van der Waals surface area contributed by atoms with E-state index in [4.69, 9.17) is 16.9 Å². The molecule has 2 aromatic heterocycles. The number of piperazine rings is 1. The number of benzene rings is 2. The average Bonchev–Trinajstić information content (AvgIpc) is 3.36. The largest absolute Gasteiger partial charge is 0.382 e. The number of amides is 2. The third-order valence-corrected chi connectivity index (χ3v) is 7.31. The molecule has 2 amide bonds. The number of pyridine rings is 1. The van der Waals surface area contributed by atoms with Gasteiger partial charge < -0.3 is 25.2 Å². The molecule has 208 valence electrons. The molecule has 41 heavy (non-hydrogen) atoms. The summed E-state index contributed by atoms with van der Waals surface area (Å²) in [6.45, 7) is 3.12. The van der Waals surface area contributed by atoms with Gasteiger partial charge in [0.25, 0.3) is 0 Å². The van der Waals surface area contributed by atoms with Crippen LogP contribution in [0, 0.1) is 11.3 Å². The predicted octanol–water partition coefficient (Wildman–Crippen LogP) is 4.64. The summed E-state index contributed by atoms with van der Waals surface area (Å²) < 4.78 is 1.82. The Hall–Kier alpha value is -4.49. The van der Waals surface area contributed by atoms with Gasteiger partial charge >= 0.3 is 6.03 Å². The highest BCUT2D eigenvalue weighted by atomic mass is 35.5. The first-order chi connectivity index (χ1) is 19.9. The Morgan fingerprint density at radius 2 is 1.95 bits per heavy atom. The Morgan fingerprint density at radius 1 is 1.17 bits per heavy atom. The van der Waals surface area contributed by atoms with Crippen LogP contribution in [-0.2, 0) is 13.5 Å². The minimum absolute atomic E-state index is 0.0868. The summed E-state index contributed by atoms with van der Waals surface area (Å²) in [5.74, 6) is 0. The molecule has 3 heterocycles. The van der Waals surface area contributed by atoms with Crippen molar-refractivity contribution in [1.82, 2.24) is 24.8 Å². The SMILES string of the molecule is Cn1cncc1C(O)C1=Cc2cccnc2Cc2ccc(Cl)cc21.N#Cc1ccc(NC(=O)N2CCNCC2)cc1. The molecule has 1 atom stereocenters. The van der Waals surface area contributed by atoms with E-state index in [0.717, 1.165) is 59.8 Å². The lowest BCUT2D eigenvalue weighted by atomic mass is 9.94. The predicted molar refractivity (Wildman–Crippen MR) is 159 cm³/mol. The van der Waals surface area contributed by atoms with Crippen molar-refractivity contribution < 1.29 is 9.90 Å². The highest BCUT2D eigenvalue weighted by Crippen LogP contribution is 2.38. The molecule has 0 bridgehead atoms. The van der Waals surface area contributed by atoms with Crippen LogP contribution in [0.2, 0.25) is 5.02 Å². The van der Waals surface area contributed by atoms with Gasteiger partial charge in [0.05, 0.1) is 35.5 Å². The van der Waals surface area contributed by atoms with Gasteiger partial charge in [0, 0.05) is 56.6 Å². The number of aliphatic hydroxyl groups excluding tert-OH is 1. The topological polar surface area (TPSA) is 119 Å². The number of hydrogen-bond donors (Lipinski definition) is 3. The molecule has 1 aliphatic heterocycles. The van der Waals surface area contributed by atoms with Crippen molar-refractivity contribution >= 4 is 35.0 Å². The Kier molecular flexibility index (Phi) is 8.75. The second-order valence-electron chi connectivity index (χ2n) is 9.81. The molecule has 2 aliphatic rings. The van der Waals surface area contributed by atoms with Crippen LogP contribution in [0.1, 0.15) is 39.7 Å². The van der Waals surface area contributed by atoms with E-state index in [1.807, 2.05) is 54.1 Å². The normalized spacial score (nSPS) is 14.7. The van der Waals surface area contributed by atoms with Crippen LogP contribution in [-0.4, -0.2) is 56.8 Å². The van der Waals surface area contributed by atoms with Gasteiger partial charge in [-0.1, -0.05) is 23.7 Å². The number of carbonyl (C=O) groups is 1. The third-order valence-electron chi connectivity index (χ3n) is 7.08. The second kappa shape index (κ2) is 12.8. The molecule has 3 N–H and O–H groups in total. The minimum atomic E-state index is -0.791. The number of aromatic nitrogens is 3. The number of aryl methyl sites for hydroxylation is 1. The maximum atomic E-state index is 11.8. The first-order valence-corrected chi connectivity index (χ1v) is 13.7. The number of carbonyl (C=O) groups excluding carboxylic acids is 1. The molecular formula is C31H30ClN7O2. The zero-order valence-corrected chi connectivity index (χ0v) is 23.3. The van der Waals surface area contributed by atoms with Crippen molar-refractivity contribution in [1.29, 1.82) is 5.26 Å². The Morgan fingerprint density at radius 3 is 2.66 bits per heavy atom. The van der Waals surface area contributed by atoms with E-state index in [-0.39, 0.29) is 6.03 Å². The molecule has 1 aliphatic carbocycles. The summed E-state index contributed by atoms with van der Waals surface area (Å²) in [4.78, 5) is 22.2. The van der Waals surface area contributed by atoms with E-state index < -0.39 is 6.10 Å². The van der Waals surface area contributed by atoms with E-state index in [2.05, 4.69) is 20.6 Å². The molecule has 0 spiro atoms. The lowest BCUT2D eigenvalue weighted by Crippen LogP contribution is -2.48. The standard InChI is InChI=1S/C19H16ClN3O.C12H14N4O/c1-23-11-21-10-18(23)19(24)16-7-13-3-2-6-22-17(13)8-12-4-5-14(20)9-15(12)16;13-9-10-1-3-11(4-2-10)15-12(17)16-7-5-14-6-8-16/h2-7,9-11,19,24H,8H2,1H3;1-4,14H,5-8H2,(H,15,17). The Labute approximate surface area is 243 Å². The van der Waals surface area contributed by atoms with Crippen LogP contribution in [0.3, 0.4) is 0 Å². The smallest absolute Gasteiger partial charge is 0.321 e. The monoisotopic (exact) mass is 567 g/mol. The van der Waals surface area contributed by atoms with Crippen molar-refractivity contribution in [3.05, 3.63) is 112 Å². The number of halogens is 1. The van der Waals surface area contributed by atoms with E-state index in [9.17, 15) is 9.90 Å². The van der Waals surface area contributed by atoms with Gasteiger partial charge in [0.15, 0.2) is 0 Å². The summed E-state index contributed by atoms with van der Waals surface area (Å²) in [6.07, 6.45) is 7.09. The quantitative estimate of drug-likeness (QED) is 0.332. The molecule has 4 aromatic rings. The fraction of sp³-hybridized carbons (Fsp3) is 0.226. The van der Waals surface area contributed by atoms with Crippen LogP contribution in [0.15, 0.2) is 73.3 Å². The number of nitriles is 1. The van der Waals surface area contributed by atoms with Gasteiger partial charge in [-0.25, -0.2) is 9.78 Å². The lowest BCUT2D eigenvalue weighted by Gasteiger charge is -2.27. The fourth-order valence-electron chi connectivity index (χ4n) is 4.84. The molecule has 1 fully saturated rings. The number of imidazole rings is 1. The number of nitrogens with zero attached hydrogens (tertiary/aromatic N) is 5. The molecule has 6 rings (SSSR count). The maximum Gasteiger partial charge on any atom is 0.321 e. The molecule has 1 saturated heterocycles. The molecule has 0 radical (unpaired) electrons. The van der Waals surface area contributed by atoms with E-state index in [0.29, 0.717) is 22.7 Å². The minimum Gasteiger partial charge on any atom is -0.382 e. The number of nitrogens with one attached hydrogen (secondary N) is 2. The van der Waals surface area contributed by atoms with E-state index >= 15 is 0 Å². The summed E-state index contributed by atoms with van der Waals surface area (Å²) in [5, 5.41) is 26.3. The summed E-state index contributed by atoms with van der Waals surface area (Å²) in [6, 6.07) is 18.5. The van der Waals surface area contributed by atoms with Gasteiger partial charge in [-0.05, 0) is 70.8 Å². The average molecular weight is 568 g/mol. The van der Waals surface area contributed by atoms with Crippen LogP contribution < -0.4 is 10.6 Å². The number of aliphatic hydroxyl groups is 1. The molecule has 1 unspecified atom stereocenters. The van der Waals surface area contributed by atoms with E-state index in [1.165, 1.54) is 0 Å². The lowest BCUT2D eigenvalue weighted by molar-refractivity contribution is 0.204.